The highest BCUT2D eigenvalue weighted by molar-refractivity contribution is 5.74. The fourth-order valence-electron chi connectivity index (χ4n) is 1.74. The first kappa shape index (κ1) is 10.3. The smallest absolute Gasteiger partial charge is 0.315 e. The van der Waals surface area contributed by atoms with Gasteiger partial charge >= 0.3 is 6.03 Å². The Hall–Kier alpha value is -0.800. The highest BCUT2D eigenvalue weighted by atomic mass is 19.1. The molecule has 0 aromatic carbocycles. The van der Waals surface area contributed by atoms with Crippen molar-refractivity contribution in [1.82, 2.24) is 10.6 Å². The molecule has 2 amide bonds. The zero-order chi connectivity index (χ0) is 9.68. The number of nitrogens with one attached hydrogen (secondary N) is 2. The number of hydrogen-bond donors (Lipinski definition) is 2. The molecule has 0 radical (unpaired) electrons. The van der Waals surface area contributed by atoms with Gasteiger partial charge in [0.2, 0.25) is 0 Å². The first-order valence-electron chi connectivity index (χ1n) is 4.82. The van der Waals surface area contributed by atoms with Crippen LogP contribution in [0.3, 0.4) is 0 Å². The van der Waals surface area contributed by atoms with Gasteiger partial charge in [0.15, 0.2) is 0 Å². The Morgan fingerprint density at radius 3 is 2.85 bits per heavy atom. The van der Waals surface area contributed by atoms with Gasteiger partial charge in [0, 0.05) is 12.6 Å². The van der Waals surface area contributed by atoms with Gasteiger partial charge in [0.05, 0.1) is 0 Å². The third kappa shape index (κ3) is 3.61. The fourth-order valence-corrected chi connectivity index (χ4v) is 1.74. The Labute approximate surface area is 78.1 Å². The third-order valence-corrected chi connectivity index (χ3v) is 2.41. The average molecular weight is 188 g/mol. The van der Waals surface area contributed by atoms with E-state index >= 15 is 0 Å². The van der Waals surface area contributed by atoms with Crippen molar-refractivity contribution in [3.05, 3.63) is 0 Å². The second-order valence-corrected chi connectivity index (χ2v) is 3.70. The molecule has 13 heavy (non-hydrogen) atoms. The molecular weight excluding hydrogens is 171 g/mol. The fraction of sp³-hybridized carbons (Fsp3) is 0.889. The number of hydrogen-bond acceptors (Lipinski definition) is 1. The van der Waals surface area contributed by atoms with Crippen LogP contribution in [0.15, 0.2) is 0 Å². The summed E-state index contributed by atoms with van der Waals surface area (Å²) < 4.78 is 11.7. The van der Waals surface area contributed by atoms with Crippen LogP contribution in [-0.4, -0.2) is 25.3 Å². The first-order valence-corrected chi connectivity index (χ1v) is 4.82. The number of halogens is 1. The van der Waals surface area contributed by atoms with Crippen LogP contribution in [0.4, 0.5) is 9.18 Å². The molecule has 0 spiro atoms. The summed E-state index contributed by atoms with van der Waals surface area (Å²) in [7, 11) is 0. The van der Waals surface area contributed by atoms with Crippen LogP contribution in [0.1, 0.15) is 26.2 Å². The van der Waals surface area contributed by atoms with Gasteiger partial charge in [0.25, 0.3) is 0 Å². The van der Waals surface area contributed by atoms with Gasteiger partial charge < -0.3 is 10.6 Å². The normalized spacial score (nSPS) is 27.2. The van der Waals surface area contributed by atoms with Crippen molar-refractivity contribution >= 4 is 6.03 Å². The van der Waals surface area contributed by atoms with Crippen molar-refractivity contribution in [1.29, 1.82) is 0 Å². The second kappa shape index (κ2) is 5.04. The van der Waals surface area contributed by atoms with Gasteiger partial charge in [-0.1, -0.05) is 6.92 Å². The molecule has 3 nitrogen and oxygen atoms in total. The maximum Gasteiger partial charge on any atom is 0.315 e. The van der Waals surface area contributed by atoms with E-state index in [9.17, 15) is 9.18 Å². The Morgan fingerprint density at radius 2 is 2.31 bits per heavy atom. The largest absolute Gasteiger partial charge is 0.336 e. The molecule has 0 aromatic heterocycles. The minimum absolute atomic E-state index is 0.105. The van der Waals surface area contributed by atoms with Crippen LogP contribution in [-0.2, 0) is 0 Å². The molecule has 2 unspecified atom stereocenters. The molecule has 0 saturated heterocycles. The zero-order valence-corrected chi connectivity index (χ0v) is 7.98. The molecule has 1 saturated carbocycles. The van der Waals surface area contributed by atoms with Crippen LogP contribution in [0.5, 0.6) is 0 Å². The van der Waals surface area contributed by atoms with E-state index < -0.39 is 6.67 Å². The van der Waals surface area contributed by atoms with Crippen LogP contribution < -0.4 is 10.6 Å². The SMILES string of the molecule is CC1CCC(NC(=O)NCCF)C1. The second-order valence-electron chi connectivity index (χ2n) is 3.70. The van der Waals surface area contributed by atoms with E-state index in [1.807, 2.05) is 0 Å². The molecule has 1 aliphatic rings. The van der Waals surface area contributed by atoms with Gasteiger partial charge in [-0.05, 0) is 25.2 Å². The lowest BCUT2D eigenvalue weighted by Gasteiger charge is -2.12. The molecule has 1 aliphatic carbocycles. The Bertz CT molecular complexity index is 175. The van der Waals surface area contributed by atoms with Crippen molar-refractivity contribution in [3.8, 4) is 0 Å². The Morgan fingerprint density at radius 1 is 1.54 bits per heavy atom. The first-order chi connectivity index (χ1) is 6.22. The molecule has 0 heterocycles. The quantitative estimate of drug-likeness (QED) is 0.691. The Balaban J connectivity index is 2.13. The number of carbonyl (C=O) groups is 1. The molecule has 2 atom stereocenters. The molecule has 76 valence electrons. The highest BCUT2D eigenvalue weighted by Crippen LogP contribution is 2.24. The molecule has 0 aliphatic heterocycles. The van der Waals surface area contributed by atoms with Gasteiger partial charge in [-0.15, -0.1) is 0 Å². The van der Waals surface area contributed by atoms with Gasteiger partial charge in [-0.2, -0.15) is 0 Å². The maximum atomic E-state index is 11.7. The van der Waals surface area contributed by atoms with E-state index in [1.54, 1.807) is 0 Å². The maximum absolute atomic E-state index is 11.7. The number of alkyl halides is 1. The molecule has 4 heteroatoms. The lowest BCUT2D eigenvalue weighted by atomic mass is 10.1. The minimum Gasteiger partial charge on any atom is -0.336 e. The number of urea groups is 1. The summed E-state index contributed by atoms with van der Waals surface area (Å²) in [6, 6.07) is 0.0476. The van der Waals surface area contributed by atoms with Crippen LogP contribution >= 0.6 is 0 Å². The summed E-state index contributed by atoms with van der Waals surface area (Å²) in [5.41, 5.74) is 0. The van der Waals surface area contributed by atoms with Crippen LogP contribution in [0.2, 0.25) is 0 Å². The number of carbonyl (C=O) groups excluding carboxylic acids is 1. The standard InChI is InChI=1S/C9H17FN2O/c1-7-2-3-8(6-7)12-9(13)11-5-4-10/h7-8H,2-6H2,1H3,(H2,11,12,13). The lowest BCUT2D eigenvalue weighted by Crippen LogP contribution is -2.41. The van der Waals surface area contributed by atoms with Crippen LogP contribution in [0.25, 0.3) is 0 Å². The topological polar surface area (TPSA) is 41.1 Å². The number of amides is 2. The predicted octanol–water partition coefficient (Wildman–Crippen LogP) is 1.44. The average Bonchev–Trinajstić information content (AvgIpc) is 2.48. The molecule has 0 bridgehead atoms. The highest BCUT2D eigenvalue weighted by Gasteiger charge is 2.22. The van der Waals surface area contributed by atoms with Crippen molar-refractivity contribution < 1.29 is 9.18 Å². The van der Waals surface area contributed by atoms with E-state index in [-0.39, 0.29) is 18.6 Å². The van der Waals surface area contributed by atoms with Gasteiger partial charge in [-0.3, -0.25) is 0 Å². The summed E-state index contributed by atoms with van der Waals surface area (Å²) in [4.78, 5) is 11.1. The van der Waals surface area contributed by atoms with E-state index in [2.05, 4.69) is 17.6 Å². The molecule has 2 N–H and O–H groups in total. The van der Waals surface area contributed by atoms with E-state index in [0.717, 1.165) is 12.8 Å². The van der Waals surface area contributed by atoms with Crippen molar-refractivity contribution in [3.63, 3.8) is 0 Å². The van der Waals surface area contributed by atoms with Gasteiger partial charge in [0.1, 0.15) is 6.67 Å². The summed E-state index contributed by atoms with van der Waals surface area (Å²) in [5, 5.41) is 5.28. The summed E-state index contributed by atoms with van der Waals surface area (Å²) in [6.07, 6.45) is 3.27. The predicted molar refractivity (Wildman–Crippen MR) is 49.3 cm³/mol. The molecule has 0 aromatic rings. The summed E-state index contributed by atoms with van der Waals surface area (Å²) in [6.45, 7) is 1.78. The lowest BCUT2D eigenvalue weighted by molar-refractivity contribution is 0.236. The Kier molecular flexibility index (Phi) is 3.99. The van der Waals surface area contributed by atoms with Crippen LogP contribution in [0, 0.1) is 5.92 Å². The monoisotopic (exact) mass is 188 g/mol. The molecule has 1 fully saturated rings. The molecular formula is C9H17FN2O. The van der Waals surface area contributed by atoms with E-state index in [0.29, 0.717) is 5.92 Å². The minimum atomic E-state index is -0.505. The number of rotatable bonds is 3. The summed E-state index contributed by atoms with van der Waals surface area (Å²) in [5.74, 6) is 0.700. The van der Waals surface area contributed by atoms with Crippen molar-refractivity contribution in [2.24, 2.45) is 5.92 Å². The van der Waals surface area contributed by atoms with E-state index in [1.165, 1.54) is 6.42 Å². The zero-order valence-electron chi connectivity index (χ0n) is 7.98. The van der Waals surface area contributed by atoms with Crippen molar-refractivity contribution in [2.75, 3.05) is 13.2 Å². The summed E-state index contributed by atoms with van der Waals surface area (Å²) >= 11 is 0. The third-order valence-electron chi connectivity index (χ3n) is 2.41. The van der Waals surface area contributed by atoms with E-state index in [4.69, 9.17) is 0 Å². The van der Waals surface area contributed by atoms with Gasteiger partial charge in [-0.25, -0.2) is 9.18 Å². The van der Waals surface area contributed by atoms with Crippen molar-refractivity contribution in [2.45, 2.75) is 32.2 Å². The molecule has 1 rings (SSSR count).